The highest BCUT2D eigenvalue weighted by atomic mass is 32.1. The van der Waals surface area contributed by atoms with E-state index in [0.717, 1.165) is 6.07 Å². The van der Waals surface area contributed by atoms with E-state index in [1.54, 1.807) is 12.3 Å². The number of hydrogen-bond acceptors (Lipinski definition) is 7. The number of halogens is 1. The molecule has 0 amide bonds. The molecular weight excluding hydrogens is 335 g/mol. The molecule has 0 radical (unpaired) electrons. The minimum atomic E-state index is -1.09. The topological polar surface area (TPSA) is 89.3 Å². The molecule has 0 fully saturated rings. The van der Waals surface area contributed by atoms with E-state index in [2.05, 4.69) is 4.98 Å². The fraction of sp³-hybridized carbons (Fsp3) is 0.250. The highest BCUT2D eigenvalue weighted by Crippen LogP contribution is 2.21. The number of rotatable bonds is 6. The molecule has 24 heavy (non-hydrogen) atoms. The van der Waals surface area contributed by atoms with Gasteiger partial charge in [0.05, 0.1) is 18.7 Å². The van der Waals surface area contributed by atoms with Gasteiger partial charge in [-0.15, -0.1) is 11.3 Å². The number of benzene rings is 1. The zero-order valence-corrected chi connectivity index (χ0v) is 13.7. The quantitative estimate of drug-likeness (QED) is 0.746. The maximum atomic E-state index is 13.6. The summed E-state index contributed by atoms with van der Waals surface area (Å²) in [7, 11) is 1.30. The van der Waals surface area contributed by atoms with Crippen LogP contribution in [-0.2, 0) is 9.53 Å². The molecule has 1 aromatic carbocycles. The molecular formula is C16H13FN2O4S. The third-order valence-electron chi connectivity index (χ3n) is 3.07. The number of hydrogen-bond donors (Lipinski definition) is 0. The molecule has 0 aliphatic rings. The van der Waals surface area contributed by atoms with Crippen molar-refractivity contribution in [3.8, 4) is 11.8 Å². The van der Waals surface area contributed by atoms with E-state index < -0.39 is 30.1 Å². The summed E-state index contributed by atoms with van der Waals surface area (Å²) in [6.45, 7) is 1.15. The third kappa shape index (κ3) is 3.94. The Kier molecular flexibility index (Phi) is 5.60. The van der Waals surface area contributed by atoms with Crippen molar-refractivity contribution in [3.63, 3.8) is 0 Å². The minimum Gasteiger partial charge on any atom is -0.494 e. The third-order valence-corrected chi connectivity index (χ3v) is 4.10. The maximum Gasteiger partial charge on any atom is 0.338 e. The molecule has 1 atom stereocenters. The summed E-state index contributed by atoms with van der Waals surface area (Å²) in [5, 5.41) is 11.2. The Balaban J connectivity index is 2.01. The first kappa shape index (κ1) is 17.6. The van der Waals surface area contributed by atoms with Crippen molar-refractivity contribution in [1.29, 1.82) is 5.26 Å². The molecule has 2 rings (SSSR count). The van der Waals surface area contributed by atoms with Crippen LogP contribution in [0.3, 0.4) is 0 Å². The highest BCUT2D eigenvalue weighted by Gasteiger charge is 2.24. The number of nitriles is 1. The van der Waals surface area contributed by atoms with Crippen molar-refractivity contribution < 1.29 is 23.5 Å². The smallest absolute Gasteiger partial charge is 0.338 e. The lowest BCUT2D eigenvalue weighted by atomic mass is 10.1. The summed E-state index contributed by atoms with van der Waals surface area (Å²) >= 11 is 1.19. The molecule has 1 aromatic heterocycles. The monoisotopic (exact) mass is 348 g/mol. The summed E-state index contributed by atoms with van der Waals surface area (Å²) in [6, 6.07) is 5.41. The van der Waals surface area contributed by atoms with Gasteiger partial charge in [0.1, 0.15) is 5.01 Å². The highest BCUT2D eigenvalue weighted by molar-refractivity contribution is 7.09. The Morgan fingerprint density at radius 2 is 2.21 bits per heavy atom. The van der Waals surface area contributed by atoms with Gasteiger partial charge in [0.2, 0.25) is 0 Å². The van der Waals surface area contributed by atoms with Crippen LogP contribution in [0, 0.1) is 24.1 Å². The van der Waals surface area contributed by atoms with Crippen molar-refractivity contribution in [1.82, 2.24) is 4.98 Å². The van der Waals surface area contributed by atoms with Crippen LogP contribution in [0.1, 0.15) is 27.0 Å². The number of nitrogens with zero attached hydrogens (tertiary/aromatic N) is 2. The predicted octanol–water partition coefficient (Wildman–Crippen LogP) is 2.63. The standard InChI is InChI=1S/C16H13FN2O4S/c1-9-8-24-15(19-9)11(6-18)13(20)7-23-16(21)10-3-4-14(22-2)12(17)5-10/h3-5,8,11H,7H2,1-2H3/t11-/m0/s1. The Labute approximate surface area is 141 Å². The van der Waals surface area contributed by atoms with Gasteiger partial charge in [0, 0.05) is 11.1 Å². The van der Waals surface area contributed by atoms with Gasteiger partial charge < -0.3 is 9.47 Å². The second kappa shape index (κ2) is 7.66. The van der Waals surface area contributed by atoms with Gasteiger partial charge in [0.25, 0.3) is 0 Å². The Bertz CT molecular complexity index is 813. The molecule has 1 heterocycles. The second-order valence-electron chi connectivity index (χ2n) is 4.78. The van der Waals surface area contributed by atoms with Crippen LogP contribution in [0.25, 0.3) is 0 Å². The number of carbonyl (C=O) groups is 2. The number of aryl methyl sites for hydroxylation is 1. The van der Waals surface area contributed by atoms with E-state index in [1.807, 2.05) is 6.07 Å². The van der Waals surface area contributed by atoms with Crippen molar-refractivity contribution in [2.75, 3.05) is 13.7 Å². The summed E-state index contributed by atoms with van der Waals surface area (Å²) in [4.78, 5) is 28.0. The lowest BCUT2D eigenvalue weighted by Crippen LogP contribution is -2.20. The average Bonchev–Trinajstić information content (AvgIpc) is 2.99. The van der Waals surface area contributed by atoms with Crippen molar-refractivity contribution in [2.24, 2.45) is 0 Å². The Morgan fingerprint density at radius 1 is 1.46 bits per heavy atom. The normalized spacial score (nSPS) is 11.4. The van der Waals surface area contributed by atoms with Crippen LogP contribution >= 0.6 is 11.3 Å². The van der Waals surface area contributed by atoms with Crippen molar-refractivity contribution in [3.05, 3.63) is 45.7 Å². The van der Waals surface area contributed by atoms with E-state index in [9.17, 15) is 14.0 Å². The molecule has 0 aliphatic carbocycles. The minimum absolute atomic E-state index is 0.00805. The van der Waals surface area contributed by atoms with Gasteiger partial charge in [-0.1, -0.05) is 0 Å². The average molecular weight is 348 g/mol. The van der Waals surface area contributed by atoms with Gasteiger partial charge in [-0.2, -0.15) is 5.26 Å². The fourth-order valence-corrected chi connectivity index (χ4v) is 2.73. The van der Waals surface area contributed by atoms with Crippen molar-refractivity contribution >= 4 is 23.1 Å². The number of esters is 1. The van der Waals surface area contributed by atoms with Gasteiger partial charge >= 0.3 is 5.97 Å². The largest absolute Gasteiger partial charge is 0.494 e. The molecule has 8 heteroatoms. The number of Topliss-reactive ketones (excluding diaryl/α,β-unsaturated/α-hetero) is 1. The number of ether oxygens (including phenoxy) is 2. The Hall–Kier alpha value is -2.79. The van der Waals surface area contributed by atoms with E-state index in [4.69, 9.17) is 14.7 Å². The van der Waals surface area contributed by atoms with Crippen LogP contribution in [0.15, 0.2) is 23.6 Å². The molecule has 0 aliphatic heterocycles. The van der Waals surface area contributed by atoms with Gasteiger partial charge in [-0.25, -0.2) is 14.2 Å². The van der Waals surface area contributed by atoms with E-state index >= 15 is 0 Å². The molecule has 2 aromatic rings. The summed E-state index contributed by atoms with van der Waals surface area (Å²) in [5.74, 6) is -3.27. The van der Waals surface area contributed by atoms with Crippen molar-refractivity contribution in [2.45, 2.75) is 12.8 Å². The number of thiazole rings is 1. The van der Waals surface area contributed by atoms with E-state index in [1.165, 1.54) is 30.6 Å². The second-order valence-corrected chi connectivity index (χ2v) is 5.67. The van der Waals surface area contributed by atoms with Crippen LogP contribution in [-0.4, -0.2) is 30.5 Å². The summed E-state index contributed by atoms with van der Waals surface area (Å²) < 4.78 is 23.2. The molecule has 0 saturated carbocycles. The number of aromatic nitrogens is 1. The molecule has 6 nitrogen and oxygen atoms in total. The number of ketones is 1. The first-order chi connectivity index (χ1) is 11.5. The van der Waals surface area contributed by atoms with Crippen LogP contribution < -0.4 is 4.74 Å². The van der Waals surface area contributed by atoms with Crippen LogP contribution in [0.2, 0.25) is 0 Å². The summed E-state index contributed by atoms with van der Waals surface area (Å²) in [5.41, 5.74) is 0.647. The van der Waals surface area contributed by atoms with Crippen LogP contribution in [0.4, 0.5) is 4.39 Å². The fourth-order valence-electron chi connectivity index (χ4n) is 1.87. The van der Waals surface area contributed by atoms with Gasteiger partial charge in [-0.3, -0.25) is 4.79 Å². The lowest BCUT2D eigenvalue weighted by molar-refractivity contribution is -0.122. The van der Waals surface area contributed by atoms with E-state index in [-0.39, 0.29) is 11.3 Å². The molecule has 0 spiro atoms. The SMILES string of the molecule is COc1ccc(C(=O)OCC(=O)[C@H](C#N)c2nc(C)cs2)cc1F. The maximum absolute atomic E-state index is 13.6. The molecule has 0 N–H and O–H groups in total. The van der Waals surface area contributed by atoms with E-state index in [0.29, 0.717) is 10.7 Å². The molecule has 124 valence electrons. The molecule has 0 unspecified atom stereocenters. The zero-order valence-electron chi connectivity index (χ0n) is 12.9. The number of methoxy groups -OCH3 is 1. The first-order valence-corrected chi connectivity index (χ1v) is 7.69. The van der Waals surface area contributed by atoms with Crippen LogP contribution in [0.5, 0.6) is 5.75 Å². The molecule has 0 saturated heterocycles. The Morgan fingerprint density at radius 3 is 2.75 bits per heavy atom. The first-order valence-electron chi connectivity index (χ1n) is 6.81. The van der Waals surface area contributed by atoms with Gasteiger partial charge in [-0.05, 0) is 25.1 Å². The zero-order chi connectivity index (χ0) is 17.7. The summed E-state index contributed by atoms with van der Waals surface area (Å²) in [6.07, 6.45) is 0. The predicted molar refractivity (Wildman–Crippen MR) is 83.4 cm³/mol. The number of carbonyl (C=O) groups excluding carboxylic acids is 2. The lowest BCUT2D eigenvalue weighted by Gasteiger charge is -2.08. The van der Waals surface area contributed by atoms with Gasteiger partial charge in [0.15, 0.2) is 29.9 Å². The molecule has 0 bridgehead atoms.